The summed E-state index contributed by atoms with van der Waals surface area (Å²) in [6.45, 7) is 3.41. The van der Waals surface area contributed by atoms with Crippen LogP contribution in [0.2, 0.25) is 0 Å². The molecular weight excluding hydrogens is 329 g/mol. The maximum absolute atomic E-state index is 12.4. The highest BCUT2D eigenvalue weighted by Gasteiger charge is 2.29. The van der Waals surface area contributed by atoms with Crippen molar-refractivity contribution in [2.24, 2.45) is 0 Å². The largest absolute Gasteiger partial charge is 0.506 e. The second-order valence-electron chi connectivity index (χ2n) is 4.80. The summed E-state index contributed by atoms with van der Waals surface area (Å²) >= 11 is -0.326. The number of thioether (sulfide) groups is 1. The minimum absolute atomic E-state index is 0.105. The van der Waals surface area contributed by atoms with Crippen molar-refractivity contribution in [2.45, 2.75) is 24.3 Å². The molecule has 0 bridgehead atoms. The van der Waals surface area contributed by atoms with Crippen molar-refractivity contribution in [3.8, 4) is 5.75 Å². The minimum atomic E-state index is -4.45. The Morgan fingerprint density at radius 1 is 1.22 bits per heavy atom. The highest BCUT2D eigenvalue weighted by molar-refractivity contribution is 8.00. The van der Waals surface area contributed by atoms with E-state index in [9.17, 15) is 23.1 Å². The first-order valence-corrected chi connectivity index (χ1v) is 7.32. The van der Waals surface area contributed by atoms with Crippen molar-refractivity contribution in [3.05, 3.63) is 47.3 Å². The van der Waals surface area contributed by atoms with E-state index in [-0.39, 0.29) is 33.8 Å². The number of halogens is 3. The van der Waals surface area contributed by atoms with Crippen LogP contribution in [-0.2, 0) is 0 Å². The third-order valence-electron chi connectivity index (χ3n) is 2.90. The van der Waals surface area contributed by atoms with E-state index in [2.05, 4.69) is 10.3 Å². The molecular formula is C15H13F3N2O2S. The summed E-state index contributed by atoms with van der Waals surface area (Å²) in [6.07, 6.45) is 0. The van der Waals surface area contributed by atoms with Gasteiger partial charge in [-0.15, -0.1) is 0 Å². The number of carbonyl (C=O) groups excluding carboxylic acids is 1. The van der Waals surface area contributed by atoms with E-state index in [0.29, 0.717) is 11.3 Å². The molecule has 2 aromatic rings. The van der Waals surface area contributed by atoms with Crippen molar-refractivity contribution >= 4 is 23.4 Å². The fraction of sp³-hybridized carbons (Fsp3) is 0.200. The lowest BCUT2D eigenvalue weighted by Crippen LogP contribution is -2.16. The predicted octanol–water partition coefficient (Wildman–Crippen LogP) is 4.27. The normalized spacial score (nSPS) is 11.3. The molecule has 0 unspecified atom stereocenters. The van der Waals surface area contributed by atoms with Gasteiger partial charge < -0.3 is 10.4 Å². The molecule has 0 aliphatic carbocycles. The Hall–Kier alpha value is -2.22. The van der Waals surface area contributed by atoms with Crippen LogP contribution in [0.25, 0.3) is 0 Å². The van der Waals surface area contributed by atoms with Gasteiger partial charge in [-0.25, -0.2) is 4.98 Å². The molecule has 1 heterocycles. The monoisotopic (exact) mass is 342 g/mol. The molecule has 1 aromatic carbocycles. The van der Waals surface area contributed by atoms with Gasteiger partial charge in [0.25, 0.3) is 5.91 Å². The van der Waals surface area contributed by atoms with E-state index in [4.69, 9.17) is 0 Å². The van der Waals surface area contributed by atoms with E-state index >= 15 is 0 Å². The van der Waals surface area contributed by atoms with Crippen LogP contribution < -0.4 is 5.32 Å². The summed E-state index contributed by atoms with van der Waals surface area (Å²) in [4.78, 5) is 16.2. The average molecular weight is 342 g/mol. The molecule has 0 saturated heterocycles. The maximum atomic E-state index is 12.4. The molecule has 0 spiro atoms. The molecule has 2 N–H and O–H groups in total. The number of phenolic OH excluding ortho intramolecular Hbond substituents is 1. The number of rotatable bonds is 3. The van der Waals surface area contributed by atoms with Crippen LogP contribution in [0.4, 0.5) is 18.9 Å². The van der Waals surface area contributed by atoms with Crippen LogP contribution in [-0.4, -0.2) is 21.5 Å². The zero-order valence-electron chi connectivity index (χ0n) is 12.2. The van der Waals surface area contributed by atoms with Gasteiger partial charge in [0.05, 0.1) is 5.69 Å². The van der Waals surface area contributed by atoms with Gasteiger partial charge in [0, 0.05) is 10.6 Å². The van der Waals surface area contributed by atoms with E-state index < -0.39 is 11.4 Å². The molecule has 0 aliphatic rings. The van der Waals surface area contributed by atoms with Crippen LogP contribution >= 0.6 is 11.8 Å². The number of phenols is 1. The fourth-order valence-electron chi connectivity index (χ4n) is 1.85. The lowest BCUT2D eigenvalue weighted by molar-refractivity contribution is -0.0328. The Morgan fingerprint density at radius 2 is 1.91 bits per heavy atom. The fourth-order valence-corrected chi connectivity index (χ4v) is 2.43. The highest BCUT2D eigenvalue weighted by atomic mass is 32.2. The van der Waals surface area contributed by atoms with Gasteiger partial charge in [-0.1, -0.05) is 6.07 Å². The summed E-state index contributed by atoms with van der Waals surface area (Å²) in [7, 11) is 0. The van der Waals surface area contributed by atoms with Gasteiger partial charge in [-0.3, -0.25) is 4.79 Å². The lowest BCUT2D eigenvalue weighted by atomic mass is 10.2. The molecule has 122 valence electrons. The first-order chi connectivity index (χ1) is 10.7. The molecule has 0 atom stereocenters. The molecule has 8 heteroatoms. The van der Waals surface area contributed by atoms with Crippen molar-refractivity contribution in [3.63, 3.8) is 0 Å². The molecule has 0 aliphatic heterocycles. The zero-order chi connectivity index (χ0) is 17.2. The lowest BCUT2D eigenvalue weighted by Gasteiger charge is -2.11. The van der Waals surface area contributed by atoms with Gasteiger partial charge in [0.2, 0.25) is 0 Å². The van der Waals surface area contributed by atoms with Crippen LogP contribution in [0.5, 0.6) is 5.75 Å². The quantitative estimate of drug-likeness (QED) is 0.646. The molecule has 0 saturated carbocycles. The number of amides is 1. The van der Waals surface area contributed by atoms with Crippen molar-refractivity contribution in [1.29, 1.82) is 0 Å². The average Bonchev–Trinajstić information content (AvgIpc) is 2.43. The number of nitrogens with zero attached hydrogens (tertiary/aromatic N) is 1. The third-order valence-corrected chi connectivity index (χ3v) is 3.62. The summed E-state index contributed by atoms with van der Waals surface area (Å²) in [5, 5.41) is 12.1. The number of nitrogens with one attached hydrogen (secondary N) is 1. The summed E-state index contributed by atoms with van der Waals surface area (Å²) in [5.74, 6) is -0.925. The molecule has 23 heavy (non-hydrogen) atoms. The number of benzene rings is 1. The van der Waals surface area contributed by atoms with Gasteiger partial charge in [0.15, 0.2) is 0 Å². The van der Waals surface area contributed by atoms with E-state index in [1.165, 1.54) is 0 Å². The first-order valence-electron chi connectivity index (χ1n) is 6.50. The Balaban J connectivity index is 2.27. The summed E-state index contributed by atoms with van der Waals surface area (Å²) < 4.78 is 37.2. The topological polar surface area (TPSA) is 62.2 Å². The number of hydrogen-bond acceptors (Lipinski definition) is 4. The number of anilines is 1. The van der Waals surface area contributed by atoms with Gasteiger partial charge >= 0.3 is 5.51 Å². The number of pyridine rings is 1. The van der Waals surface area contributed by atoms with Gasteiger partial charge in [-0.2, -0.15) is 13.2 Å². The zero-order valence-corrected chi connectivity index (χ0v) is 13.0. The Bertz CT molecular complexity index is 748. The van der Waals surface area contributed by atoms with Gasteiger partial charge in [0.1, 0.15) is 11.4 Å². The summed E-state index contributed by atoms with van der Waals surface area (Å²) in [6, 6.07) is 6.74. The molecule has 2 rings (SSSR count). The van der Waals surface area contributed by atoms with Crippen molar-refractivity contribution in [1.82, 2.24) is 4.98 Å². The number of carbonyl (C=O) groups is 1. The molecule has 0 fully saturated rings. The van der Waals surface area contributed by atoms with E-state index in [0.717, 1.165) is 18.2 Å². The number of aromatic hydroxyl groups is 1. The van der Waals surface area contributed by atoms with Crippen molar-refractivity contribution in [2.75, 3.05) is 5.32 Å². The van der Waals surface area contributed by atoms with Crippen molar-refractivity contribution < 1.29 is 23.1 Å². The van der Waals surface area contributed by atoms with E-state index in [1.807, 2.05) is 0 Å². The first kappa shape index (κ1) is 17.1. The van der Waals surface area contributed by atoms with Crippen LogP contribution in [0.1, 0.15) is 21.7 Å². The van der Waals surface area contributed by atoms with Crippen LogP contribution in [0.15, 0.2) is 35.2 Å². The minimum Gasteiger partial charge on any atom is -0.506 e. The standard InChI is InChI=1S/C15H13F3N2O2S/c1-8-3-4-9(2)19-13(8)14(22)20-11-7-10(5-6-12(11)21)23-15(16,17)18/h3-7,21H,1-2H3,(H,20,22). The second kappa shape index (κ2) is 6.49. The van der Waals surface area contributed by atoms with E-state index in [1.54, 1.807) is 26.0 Å². The number of alkyl halides is 3. The van der Waals surface area contributed by atoms with Crippen LogP contribution in [0, 0.1) is 13.8 Å². The predicted molar refractivity (Wildman–Crippen MR) is 81.7 cm³/mol. The maximum Gasteiger partial charge on any atom is 0.446 e. The smallest absolute Gasteiger partial charge is 0.446 e. The molecule has 1 amide bonds. The SMILES string of the molecule is Cc1ccc(C)c(C(=O)Nc2cc(SC(F)(F)F)ccc2O)n1. The molecule has 1 aromatic heterocycles. The number of aromatic nitrogens is 1. The Labute approximate surface area is 134 Å². The molecule has 0 radical (unpaired) electrons. The van der Waals surface area contributed by atoms with Gasteiger partial charge in [-0.05, 0) is 55.4 Å². The Morgan fingerprint density at radius 3 is 2.57 bits per heavy atom. The molecule has 4 nitrogen and oxygen atoms in total. The summed E-state index contributed by atoms with van der Waals surface area (Å²) in [5.41, 5.74) is -3.16. The van der Waals surface area contributed by atoms with Crippen LogP contribution in [0.3, 0.4) is 0 Å². The highest BCUT2D eigenvalue weighted by Crippen LogP contribution is 2.39. The third kappa shape index (κ3) is 4.62. The number of aryl methyl sites for hydroxylation is 2. The number of hydrogen-bond donors (Lipinski definition) is 2. The second-order valence-corrected chi connectivity index (χ2v) is 5.94. The Kier molecular flexibility index (Phi) is 4.84.